The highest BCUT2D eigenvalue weighted by molar-refractivity contribution is 7.16. The summed E-state index contributed by atoms with van der Waals surface area (Å²) in [5, 5.41) is 0.737. The first-order valence-electron chi connectivity index (χ1n) is 9.75. The van der Waals surface area contributed by atoms with Gasteiger partial charge in [0.1, 0.15) is 5.82 Å². The summed E-state index contributed by atoms with van der Waals surface area (Å²) in [5.41, 5.74) is 1.49. The van der Waals surface area contributed by atoms with Gasteiger partial charge in [0.25, 0.3) is 0 Å². The molecule has 3 aromatic rings. The van der Waals surface area contributed by atoms with Crippen LogP contribution in [0, 0.1) is 5.82 Å². The number of carbonyl (C=O) groups excluding carboxylic acids is 1. The van der Waals surface area contributed by atoms with Crippen LogP contribution >= 0.6 is 11.3 Å². The Bertz CT molecular complexity index is 1000. The van der Waals surface area contributed by atoms with E-state index < -0.39 is 0 Å². The van der Waals surface area contributed by atoms with Crippen LogP contribution < -0.4 is 4.90 Å². The van der Waals surface area contributed by atoms with Crippen LogP contribution in [-0.4, -0.2) is 22.4 Å². The van der Waals surface area contributed by atoms with Gasteiger partial charge in [0.2, 0.25) is 5.91 Å². The molecule has 7 heteroatoms. The first kappa shape index (κ1) is 19.5. The van der Waals surface area contributed by atoms with Crippen molar-refractivity contribution in [1.82, 2.24) is 9.97 Å². The average Bonchev–Trinajstić information content (AvgIpc) is 3.37. The maximum absolute atomic E-state index is 13.9. The number of hydrogen-bond donors (Lipinski definition) is 0. The van der Waals surface area contributed by atoms with Gasteiger partial charge < -0.3 is 4.42 Å². The zero-order valence-electron chi connectivity index (χ0n) is 16.1. The third-order valence-electron chi connectivity index (χ3n) is 4.92. The van der Waals surface area contributed by atoms with Crippen LogP contribution in [0.1, 0.15) is 35.7 Å². The number of nitrogens with zero attached hydrogens (tertiary/aromatic N) is 3. The summed E-state index contributed by atoms with van der Waals surface area (Å²) < 4.78 is 19.6. The number of aromatic nitrogens is 2. The summed E-state index contributed by atoms with van der Waals surface area (Å²) in [5.74, 6) is 0.354. The number of hydrogen-bond acceptors (Lipinski definition) is 5. The van der Waals surface area contributed by atoms with E-state index in [1.54, 1.807) is 40.5 Å². The van der Waals surface area contributed by atoms with Crippen LogP contribution in [0.15, 0.2) is 47.5 Å². The maximum Gasteiger partial charge on any atom is 0.229 e. The number of carbonyl (C=O) groups is 1. The highest BCUT2D eigenvalue weighted by atomic mass is 32.1. The van der Waals surface area contributed by atoms with Crippen molar-refractivity contribution in [2.45, 2.75) is 38.5 Å². The normalized spacial score (nSPS) is 13.1. The third-order valence-corrected chi connectivity index (χ3v) is 6.10. The van der Waals surface area contributed by atoms with Gasteiger partial charge in [-0.15, -0.1) is 17.9 Å². The molecule has 0 atom stereocenters. The summed E-state index contributed by atoms with van der Waals surface area (Å²) >= 11 is 1.60. The van der Waals surface area contributed by atoms with Gasteiger partial charge in [0, 0.05) is 24.3 Å². The molecule has 1 aliphatic rings. The molecule has 2 heterocycles. The van der Waals surface area contributed by atoms with Crippen molar-refractivity contribution < 1.29 is 13.6 Å². The number of rotatable bonds is 7. The van der Waals surface area contributed by atoms with Crippen molar-refractivity contribution in [1.29, 1.82) is 0 Å². The predicted molar refractivity (Wildman–Crippen MR) is 112 cm³/mol. The van der Waals surface area contributed by atoms with Gasteiger partial charge in [0.05, 0.1) is 17.5 Å². The molecule has 0 spiro atoms. The van der Waals surface area contributed by atoms with Crippen LogP contribution in [0.5, 0.6) is 0 Å². The standard InChI is InChI=1S/C22H22FN3O2S/c1-2-13-26(22-25-17-9-5-6-10-19(17)29-22)21(27)12-11-20-24-14-18(28-20)15-7-3-4-8-16(15)23/h2-4,7-8,14H,1,5-6,9-13H2. The molecule has 5 nitrogen and oxygen atoms in total. The van der Waals surface area contributed by atoms with Crippen LogP contribution in [0.25, 0.3) is 11.3 Å². The smallest absolute Gasteiger partial charge is 0.229 e. The maximum atomic E-state index is 13.9. The second kappa shape index (κ2) is 8.69. The summed E-state index contributed by atoms with van der Waals surface area (Å²) in [6.07, 6.45) is 8.13. The predicted octanol–water partition coefficient (Wildman–Crippen LogP) is 4.97. The molecular weight excluding hydrogens is 389 g/mol. The zero-order valence-corrected chi connectivity index (χ0v) is 16.9. The topological polar surface area (TPSA) is 59.2 Å². The summed E-state index contributed by atoms with van der Waals surface area (Å²) in [6.45, 7) is 4.18. The fourth-order valence-electron chi connectivity index (χ4n) is 3.43. The minimum Gasteiger partial charge on any atom is -0.441 e. The molecule has 0 fully saturated rings. The number of aryl methyl sites for hydroxylation is 3. The molecule has 0 saturated carbocycles. The zero-order chi connectivity index (χ0) is 20.2. The highest BCUT2D eigenvalue weighted by Gasteiger charge is 2.23. The van der Waals surface area contributed by atoms with Crippen LogP contribution in [0.4, 0.5) is 9.52 Å². The van der Waals surface area contributed by atoms with Crippen molar-refractivity contribution >= 4 is 22.4 Å². The Hall–Kier alpha value is -2.80. The minimum atomic E-state index is -0.365. The van der Waals surface area contributed by atoms with Crippen molar-refractivity contribution in [2.75, 3.05) is 11.4 Å². The van der Waals surface area contributed by atoms with Gasteiger partial charge in [-0.05, 0) is 37.8 Å². The summed E-state index contributed by atoms with van der Waals surface area (Å²) in [7, 11) is 0. The number of halogens is 1. The van der Waals surface area contributed by atoms with Crippen molar-refractivity contribution in [3.8, 4) is 11.3 Å². The van der Waals surface area contributed by atoms with E-state index in [4.69, 9.17) is 9.40 Å². The third kappa shape index (κ3) is 4.29. The number of thiazole rings is 1. The molecule has 4 rings (SSSR count). The fraction of sp³-hybridized carbons (Fsp3) is 0.318. The Morgan fingerprint density at radius 1 is 1.31 bits per heavy atom. The molecular formula is C22H22FN3O2S. The lowest BCUT2D eigenvalue weighted by molar-refractivity contribution is -0.118. The number of anilines is 1. The second-order valence-electron chi connectivity index (χ2n) is 6.96. The first-order chi connectivity index (χ1) is 14.2. The van der Waals surface area contributed by atoms with Gasteiger partial charge in [-0.25, -0.2) is 14.4 Å². The Labute approximate surface area is 172 Å². The molecule has 0 N–H and O–H groups in total. The Morgan fingerprint density at radius 2 is 2.14 bits per heavy atom. The molecule has 1 aromatic carbocycles. The van der Waals surface area contributed by atoms with Gasteiger partial charge in [0.15, 0.2) is 16.8 Å². The van der Waals surface area contributed by atoms with Crippen LogP contribution in [0.3, 0.4) is 0 Å². The molecule has 0 unspecified atom stereocenters. The molecule has 0 saturated heterocycles. The Kier molecular flexibility index (Phi) is 5.85. The van der Waals surface area contributed by atoms with E-state index >= 15 is 0 Å². The molecule has 29 heavy (non-hydrogen) atoms. The minimum absolute atomic E-state index is 0.0540. The molecule has 150 valence electrons. The van der Waals surface area contributed by atoms with E-state index in [0.29, 0.717) is 30.2 Å². The van der Waals surface area contributed by atoms with Gasteiger partial charge in [-0.2, -0.15) is 0 Å². The molecule has 0 bridgehead atoms. The fourth-order valence-corrected chi connectivity index (χ4v) is 4.60. The number of benzene rings is 1. The van der Waals surface area contributed by atoms with Crippen LogP contribution in [-0.2, 0) is 24.1 Å². The van der Waals surface area contributed by atoms with E-state index in [0.717, 1.165) is 30.1 Å². The van der Waals surface area contributed by atoms with E-state index in [1.807, 2.05) is 0 Å². The Balaban J connectivity index is 1.44. The lowest BCUT2D eigenvalue weighted by Crippen LogP contribution is -2.31. The lowest BCUT2D eigenvalue weighted by Gasteiger charge is -2.17. The largest absolute Gasteiger partial charge is 0.441 e. The van der Waals surface area contributed by atoms with Crippen molar-refractivity contribution in [3.63, 3.8) is 0 Å². The number of fused-ring (bicyclic) bond motifs is 1. The molecule has 0 aliphatic heterocycles. The number of oxazole rings is 1. The molecule has 1 amide bonds. The van der Waals surface area contributed by atoms with Gasteiger partial charge in [-0.1, -0.05) is 18.2 Å². The first-order valence-corrected chi connectivity index (χ1v) is 10.6. The Morgan fingerprint density at radius 3 is 2.93 bits per heavy atom. The monoisotopic (exact) mass is 411 g/mol. The number of amides is 1. The average molecular weight is 412 g/mol. The SMILES string of the molecule is C=CCN(C(=O)CCc1ncc(-c2ccccc2F)o1)c1nc2c(s1)CCCC2. The van der Waals surface area contributed by atoms with Gasteiger partial charge >= 0.3 is 0 Å². The molecule has 2 aromatic heterocycles. The van der Waals surface area contributed by atoms with E-state index in [-0.39, 0.29) is 18.1 Å². The van der Waals surface area contributed by atoms with Crippen molar-refractivity contribution in [2.24, 2.45) is 0 Å². The van der Waals surface area contributed by atoms with Crippen LogP contribution in [0.2, 0.25) is 0 Å². The summed E-state index contributed by atoms with van der Waals surface area (Å²) in [4.78, 5) is 24.7. The highest BCUT2D eigenvalue weighted by Crippen LogP contribution is 2.32. The summed E-state index contributed by atoms with van der Waals surface area (Å²) in [6, 6.07) is 6.38. The lowest BCUT2D eigenvalue weighted by atomic mass is 10.0. The van der Waals surface area contributed by atoms with Gasteiger partial charge in [-0.3, -0.25) is 9.69 Å². The van der Waals surface area contributed by atoms with Crippen molar-refractivity contribution in [3.05, 3.63) is 65.4 Å². The van der Waals surface area contributed by atoms with E-state index in [9.17, 15) is 9.18 Å². The van der Waals surface area contributed by atoms with E-state index in [1.165, 1.54) is 23.6 Å². The van der Waals surface area contributed by atoms with E-state index in [2.05, 4.69) is 11.6 Å². The second-order valence-corrected chi connectivity index (χ2v) is 8.03. The molecule has 1 aliphatic carbocycles. The quantitative estimate of drug-likeness (QED) is 0.515. The molecule has 0 radical (unpaired) electrons.